The normalized spacial score (nSPS) is 10.5. The highest BCUT2D eigenvalue weighted by Gasteiger charge is 2.21. The van der Waals surface area contributed by atoms with Gasteiger partial charge in [0.25, 0.3) is 5.91 Å². The summed E-state index contributed by atoms with van der Waals surface area (Å²) >= 11 is 0. The molecule has 0 atom stereocenters. The first-order chi connectivity index (χ1) is 13.0. The zero-order chi connectivity index (χ0) is 19.4. The van der Waals surface area contributed by atoms with Crippen molar-refractivity contribution in [1.82, 2.24) is 9.78 Å². The minimum atomic E-state index is -0.627. The zero-order valence-electron chi connectivity index (χ0n) is 14.6. The number of aryl methyl sites for hydroxylation is 1. The Morgan fingerprint density at radius 2 is 1.96 bits per heavy atom. The Labute approximate surface area is 153 Å². The van der Waals surface area contributed by atoms with Gasteiger partial charge in [0.2, 0.25) is 0 Å². The van der Waals surface area contributed by atoms with Crippen molar-refractivity contribution in [1.29, 1.82) is 0 Å². The molecular formula is C18H16FN3O5. The van der Waals surface area contributed by atoms with Gasteiger partial charge in [-0.1, -0.05) is 0 Å². The van der Waals surface area contributed by atoms with Gasteiger partial charge >= 0.3 is 5.97 Å². The number of furan rings is 1. The smallest absolute Gasteiger partial charge is 0.358 e. The van der Waals surface area contributed by atoms with E-state index in [1.165, 1.54) is 48.3 Å². The zero-order valence-corrected chi connectivity index (χ0v) is 14.6. The number of halogens is 1. The maximum Gasteiger partial charge on any atom is 0.358 e. The first-order valence-electron chi connectivity index (χ1n) is 7.86. The van der Waals surface area contributed by atoms with Crippen LogP contribution in [-0.4, -0.2) is 28.8 Å². The highest BCUT2D eigenvalue weighted by molar-refractivity contribution is 6.06. The standard InChI is InChI=1S/C18H16FN3O5/c1-22-16(18(24)25-2)14(9-20-22)21-17(23)15-8-7-13(27-15)10-26-12-5-3-11(19)4-6-12/h3-9H,10H2,1-2H3,(H,21,23). The van der Waals surface area contributed by atoms with Gasteiger partial charge in [-0.15, -0.1) is 0 Å². The molecule has 0 saturated carbocycles. The summed E-state index contributed by atoms with van der Waals surface area (Å²) in [5.41, 5.74) is 0.312. The number of esters is 1. The molecule has 1 aromatic carbocycles. The van der Waals surface area contributed by atoms with Gasteiger partial charge in [0.1, 0.15) is 23.9 Å². The van der Waals surface area contributed by atoms with E-state index in [1.54, 1.807) is 13.1 Å². The lowest BCUT2D eigenvalue weighted by molar-refractivity contribution is 0.0589. The van der Waals surface area contributed by atoms with Crippen molar-refractivity contribution in [3.63, 3.8) is 0 Å². The largest absolute Gasteiger partial charge is 0.486 e. The van der Waals surface area contributed by atoms with Crippen molar-refractivity contribution in [2.24, 2.45) is 7.05 Å². The molecule has 0 aliphatic heterocycles. The number of methoxy groups -OCH3 is 1. The Balaban J connectivity index is 1.65. The van der Waals surface area contributed by atoms with Crippen molar-refractivity contribution in [3.8, 4) is 5.75 Å². The van der Waals surface area contributed by atoms with Crippen LogP contribution in [0.5, 0.6) is 5.75 Å². The molecule has 9 heteroatoms. The molecule has 3 aromatic rings. The minimum Gasteiger partial charge on any atom is -0.486 e. The third-order valence-electron chi connectivity index (χ3n) is 3.65. The molecule has 0 saturated heterocycles. The molecule has 0 spiro atoms. The van der Waals surface area contributed by atoms with Crippen molar-refractivity contribution >= 4 is 17.6 Å². The number of amides is 1. The van der Waals surface area contributed by atoms with Gasteiger partial charge in [-0.2, -0.15) is 5.10 Å². The number of aromatic nitrogens is 2. The predicted molar refractivity (Wildman–Crippen MR) is 91.9 cm³/mol. The second kappa shape index (κ2) is 7.73. The summed E-state index contributed by atoms with van der Waals surface area (Å²) in [6, 6.07) is 8.60. The number of nitrogens with one attached hydrogen (secondary N) is 1. The van der Waals surface area contributed by atoms with E-state index < -0.39 is 11.9 Å². The Hall–Kier alpha value is -3.62. The number of rotatable bonds is 6. The van der Waals surface area contributed by atoms with E-state index in [2.05, 4.69) is 15.2 Å². The van der Waals surface area contributed by atoms with Gasteiger partial charge < -0.3 is 19.2 Å². The average molecular weight is 373 g/mol. The van der Waals surface area contributed by atoms with E-state index in [9.17, 15) is 14.0 Å². The third kappa shape index (κ3) is 4.14. The molecule has 0 bridgehead atoms. The highest BCUT2D eigenvalue weighted by Crippen LogP contribution is 2.18. The maximum absolute atomic E-state index is 12.9. The molecule has 1 amide bonds. The number of nitrogens with zero attached hydrogens (tertiary/aromatic N) is 2. The van der Waals surface area contributed by atoms with Crippen LogP contribution in [0.2, 0.25) is 0 Å². The molecule has 2 aromatic heterocycles. The van der Waals surface area contributed by atoms with Crippen LogP contribution in [0.25, 0.3) is 0 Å². The molecular weight excluding hydrogens is 357 g/mol. The molecule has 0 aliphatic carbocycles. The summed E-state index contributed by atoms with van der Waals surface area (Å²) < 4.78 is 29.7. The summed E-state index contributed by atoms with van der Waals surface area (Å²) in [5.74, 6) is -0.631. The van der Waals surface area contributed by atoms with Gasteiger partial charge in [0.05, 0.1) is 19.0 Å². The summed E-state index contributed by atoms with van der Waals surface area (Å²) in [4.78, 5) is 24.1. The predicted octanol–water partition coefficient (Wildman–Crippen LogP) is 2.77. The Bertz CT molecular complexity index is 962. The van der Waals surface area contributed by atoms with E-state index in [0.29, 0.717) is 11.5 Å². The molecule has 0 aliphatic rings. The number of carbonyl (C=O) groups excluding carboxylic acids is 2. The number of hydrogen-bond acceptors (Lipinski definition) is 6. The van der Waals surface area contributed by atoms with Crippen LogP contribution in [0.1, 0.15) is 26.8 Å². The molecule has 27 heavy (non-hydrogen) atoms. The van der Waals surface area contributed by atoms with Crippen LogP contribution >= 0.6 is 0 Å². The molecule has 1 N–H and O–H groups in total. The second-order valence-corrected chi connectivity index (χ2v) is 5.48. The van der Waals surface area contributed by atoms with Crippen molar-refractivity contribution in [2.45, 2.75) is 6.61 Å². The second-order valence-electron chi connectivity index (χ2n) is 5.48. The van der Waals surface area contributed by atoms with E-state index >= 15 is 0 Å². The molecule has 0 radical (unpaired) electrons. The number of anilines is 1. The summed E-state index contributed by atoms with van der Waals surface area (Å²) in [6.45, 7) is 0.0687. The summed E-state index contributed by atoms with van der Waals surface area (Å²) in [5, 5.41) is 6.49. The first kappa shape index (κ1) is 18.2. The molecule has 140 valence electrons. The van der Waals surface area contributed by atoms with Crippen LogP contribution in [0.15, 0.2) is 47.0 Å². The lowest BCUT2D eigenvalue weighted by Gasteiger charge is -2.05. The van der Waals surface area contributed by atoms with Crippen LogP contribution in [0, 0.1) is 5.82 Å². The van der Waals surface area contributed by atoms with Crippen LogP contribution in [0.4, 0.5) is 10.1 Å². The fourth-order valence-electron chi connectivity index (χ4n) is 2.31. The van der Waals surface area contributed by atoms with E-state index in [1.807, 2.05) is 0 Å². The number of carbonyl (C=O) groups is 2. The highest BCUT2D eigenvalue weighted by atomic mass is 19.1. The summed E-state index contributed by atoms with van der Waals surface area (Å²) in [7, 11) is 2.79. The number of hydrogen-bond donors (Lipinski definition) is 1. The van der Waals surface area contributed by atoms with Crippen LogP contribution in [-0.2, 0) is 18.4 Å². The van der Waals surface area contributed by atoms with E-state index in [4.69, 9.17) is 9.15 Å². The van der Waals surface area contributed by atoms with Gasteiger partial charge in [-0.3, -0.25) is 9.48 Å². The lowest BCUT2D eigenvalue weighted by Crippen LogP contribution is -2.16. The number of benzene rings is 1. The maximum atomic E-state index is 12.9. The fraction of sp³-hybridized carbons (Fsp3) is 0.167. The number of ether oxygens (including phenoxy) is 2. The SMILES string of the molecule is COC(=O)c1c(NC(=O)c2ccc(COc3ccc(F)cc3)o2)cnn1C. The van der Waals surface area contributed by atoms with Crippen molar-refractivity contribution in [2.75, 3.05) is 12.4 Å². The van der Waals surface area contributed by atoms with Crippen LogP contribution < -0.4 is 10.1 Å². The fourth-order valence-corrected chi connectivity index (χ4v) is 2.31. The van der Waals surface area contributed by atoms with Crippen LogP contribution in [0.3, 0.4) is 0 Å². The van der Waals surface area contributed by atoms with E-state index in [0.717, 1.165) is 0 Å². The molecule has 3 rings (SSSR count). The van der Waals surface area contributed by atoms with Gasteiger partial charge in [0.15, 0.2) is 11.5 Å². The van der Waals surface area contributed by atoms with Gasteiger partial charge in [0, 0.05) is 7.05 Å². The Morgan fingerprint density at radius 1 is 1.22 bits per heavy atom. The average Bonchev–Trinajstić information content (AvgIpc) is 3.28. The molecule has 0 unspecified atom stereocenters. The van der Waals surface area contributed by atoms with Crippen molar-refractivity contribution in [3.05, 3.63) is 65.6 Å². The topological polar surface area (TPSA) is 95.6 Å². The van der Waals surface area contributed by atoms with Gasteiger partial charge in [-0.05, 0) is 36.4 Å². The van der Waals surface area contributed by atoms with E-state index in [-0.39, 0.29) is 29.6 Å². The van der Waals surface area contributed by atoms with Gasteiger partial charge in [-0.25, -0.2) is 9.18 Å². The molecule has 2 heterocycles. The van der Waals surface area contributed by atoms with Crippen molar-refractivity contribution < 1.29 is 27.9 Å². The summed E-state index contributed by atoms with van der Waals surface area (Å²) in [6.07, 6.45) is 1.34. The third-order valence-corrected chi connectivity index (χ3v) is 3.65. The monoisotopic (exact) mass is 373 g/mol. The molecule has 8 nitrogen and oxygen atoms in total. The molecule has 0 fully saturated rings. The Morgan fingerprint density at radius 3 is 2.67 bits per heavy atom. The Kier molecular flexibility index (Phi) is 5.20. The quantitative estimate of drug-likeness (QED) is 0.668. The first-order valence-corrected chi connectivity index (χ1v) is 7.86. The lowest BCUT2D eigenvalue weighted by atomic mass is 10.3. The minimum absolute atomic E-state index is 0.0346.